The number of anilines is 1. The van der Waals surface area contributed by atoms with Gasteiger partial charge in [-0.1, -0.05) is 6.07 Å². The molecule has 0 spiro atoms. The van der Waals surface area contributed by atoms with Crippen LogP contribution in [0, 0.1) is 12.8 Å². The zero-order valence-electron chi connectivity index (χ0n) is 14.9. The summed E-state index contributed by atoms with van der Waals surface area (Å²) in [6.45, 7) is 5.50. The highest BCUT2D eigenvalue weighted by atomic mass is 35.5. The Kier molecular flexibility index (Phi) is 8.00. The van der Waals surface area contributed by atoms with E-state index < -0.39 is 0 Å². The monoisotopic (exact) mass is 368 g/mol. The van der Waals surface area contributed by atoms with Gasteiger partial charge in [0, 0.05) is 13.0 Å². The van der Waals surface area contributed by atoms with Crippen molar-refractivity contribution < 1.29 is 14.3 Å². The van der Waals surface area contributed by atoms with Gasteiger partial charge in [-0.3, -0.25) is 4.79 Å². The first-order chi connectivity index (χ1) is 11.7. The molecule has 3 rings (SSSR count). The predicted octanol–water partition coefficient (Wildman–Crippen LogP) is 3.30. The van der Waals surface area contributed by atoms with Gasteiger partial charge in [0.2, 0.25) is 5.91 Å². The van der Waals surface area contributed by atoms with Gasteiger partial charge in [-0.05, 0) is 69.3 Å². The molecule has 1 amide bonds. The van der Waals surface area contributed by atoms with Gasteiger partial charge in [0.1, 0.15) is 12.4 Å². The molecule has 2 atom stereocenters. The van der Waals surface area contributed by atoms with Crippen molar-refractivity contribution in [3.63, 3.8) is 0 Å². The molecule has 2 heterocycles. The smallest absolute Gasteiger partial charge is 0.224 e. The van der Waals surface area contributed by atoms with Crippen molar-refractivity contribution >= 4 is 24.0 Å². The number of nitrogens with one attached hydrogen (secondary N) is 2. The van der Waals surface area contributed by atoms with Crippen LogP contribution in [0.25, 0.3) is 0 Å². The fourth-order valence-electron chi connectivity index (χ4n) is 3.32. The number of hydrogen-bond donors (Lipinski definition) is 2. The first kappa shape index (κ1) is 20.0. The van der Waals surface area contributed by atoms with Gasteiger partial charge in [-0.2, -0.15) is 0 Å². The molecule has 2 fully saturated rings. The quantitative estimate of drug-likeness (QED) is 0.775. The van der Waals surface area contributed by atoms with Gasteiger partial charge in [-0.15, -0.1) is 12.4 Å². The Balaban J connectivity index is 0.00000225. The number of carbonyl (C=O) groups excluding carboxylic acids is 1. The maximum Gasteiger partial charge on any atom is 0.224 e. The summed E-state index contributed by atoms with van der Waals surface area (Å²) in [6, 6.07) is 5.90. The van der Waals surface area contributed by atoms with Crippen LogP contribution in [0.2, 0.25) is 0 Å². The van der Waals surface area contributed by atoms with Crippen LogP contribution in [0.3, 0.4) is 0 Å². The fraction of sp³-hybridized carbons (Fsp3) is 0.632. The molecule has 1 aromatic rings. The van der Waals surface area contributed by atoms with E-state index in [4.69, 9.17) is 9.47 Å². The molecule has 2 N–H and O–H groups in total. The van der Waals surface area contributed by atoms with Crippen molar-refractivity contribution in [3.8, 4) is 5.75 Å². The molecule has 0 radical (unpaired) electrons. The van der Waals surface area contributed by atoms with E-state index in [1.807, 2.05) is 25.1 Å². The van der Waals surface area contributed by atoms with Crippen molar-refractivity contribution in [2.75, 3.05) is 31.6 Å². The summed E-state index contributed by atoms with van der Waals surface area (Å²) in [7, 11) is 0. The molecule has 1 aromatic carbocycles. The summed E-state index contributed by atoms with van der Waals surface area (Å²) < 4.78 is 11.5. The van der Waals surface area contributed by atoms with Crippen LogP contribution >= 0.6 is 12.4 Å². The van der Waals surface area contributed by atoms with Crippen LogP contribution in [0.15, 0.2) is 18.2 Å². The summed E-state index contributed by atoms with van der Waals surface area (Å²) in [4.78, 5) is 12.3. The molecule has 2 saturated heterocycles. The number of carbonyl (C=O) groups is 1. The number of benzene rings is 1. The van der Waals surface area contributed by atoms with Crippen molar-refractivity contribution in [1.29, 1.82) is 0 Å². The predicted molar refractivity (Wildman–Crippen MR) is 102 cm³/mol. The van der Waals surface area contributed by atoms with Crippen LogP contribution in [-0.4, -0.2) is 38.3 Å². The van der Waals surface area contributed by atoms with Gasteiger partial charge >= 0.3 is 0 Å². The number of aryl methyl sites for hydroxylation is 1. The lowest BCUT2D eigenvalue weighted by Crippen LogP contribution is -2.18. The Labute approximate surface area is 156 Å². The van der Waals surface area contributed by atoms with Crippen molar-refractivity contribution in [3.05, 3.63) is 23.8 Å². The molecule has 0 aromatic heterocycles. The van der Waals surface area contributed by atoms with Crippen LogP contribution < -0.4 is 15.4 Å². The fourth-order valence-corrected chi connectivity index (χ4v) is 3.32. The van der Waals surface area contributed by atoms with Gasteiger partial charge < -0.3 is 20.1 Å². The number of halogens is 1. The van der Waals surface area contributed by atoms with E-state index in [1.165, 1.54) is 6.42 Å². The Morgan fingerprint density at radius 1 is 1.40 bits per heavy atom. The lowest BCUT2D eigenvalue weighted by Gasteiger charge is -2.16. The molecule has 25 heavy (non-hydrogen) atoms. The lowest BCUT2D eigenvalue weighted by molar-refractivity contribution is -0.116. The highest BCUT2D eigenvalue weighted by molar-refractivity contribution is 5.92. The Bertz CT molecular complexity index is 556. The second kappa shape index (κ2) is 10.00. The van der Waals surface area contributed by atoms with Crippen LogP contribution in [0.5, 0.6) is 5.75 Å². The summed E-state index contributed by atoms with van der Waals surface area (Å²) >= 11 is 0. The van der Waals surface area contributed by atoms with Crippen LogP contribution in [-0.2, 0) is 9.53 Å². The van der Waals surface area contributed by atoms with E-state index in [2.05, 4.69) is 10.6 Å². The molecule has 0 saturated carbocycles. The topological polar surface area (TPSA) is 59.6 Å². The standard InChI is InChI=1S/C19H28N2O3.ClH/c1-14-4-6-17(18(11-14)24-13-16-3-2-10-23-16)21-19(22)7-5-15-8-9-20-12-15;/h4,6,11,15-16,20H,2-3,5,7-10,12-13H2,1H3,(H,21,22);1H. The third kappa shape index (κ3) is 6.17. The summed E-state index contributed by atoms with van der Waals surface area (Å²) in [5, 5.41) is 6.35. The number of amides is 1. The van der Waals surface area contributed by atoms with E-state index in [-0.39, 0.29) is 24.4 Å². The largest absolute Gasteiger partial charge is 0.489 e. The SMILES string of the molecule is Cc1ccc(NC(=O)CCC2CCNC2)c(OCC2CCCO2)c1.Cl. The maximum atomic E-state index is 12.3. The van der Waals surface area contributed by atoms with E-state index >= 15 is 0 Å². The molecular formula is C19H29ClN2O3. The minimum atomic E-state index is 0. The zero-order valence-corrected chi connectivity index (χ0v) is 15.7. The third-order valence-electron chi connectivity index (χ3n) is 4.80. The molecule has 140 valence electrons. The normalized spacial score (nSPS) is 22.4. The number of ether oxygens (including phenoxy) is 2. The first-order valence-corrected chi connectivity index (χ1v) is 9.06. The lowest BCUT2D eigenvalue weighted by atomic mass is 10.0. The highest BCUT2D eigenvalue weighted by Crippen LogP contribution is 2.27. The van der Waals surface area contributed by atoms with E-state index in [1.54, 1.807) is 0 Å². The number of rotatable bonds is 7. The second-order valence-corrected chi connectivity index (χ2v) is 6.89. The van der Waals surface area contributed by atoms with Crippen LogP contribution in [0.1, 0.15) is 37.7 Å². The Morgan fingerprint density at radius 3 is 3.00 bits per heavy atom. The third-order valence-corrected chi connectivity index (χ3v) is 4.80. The summed E-state index contributed by atoms with van der Waals surface area (Å²) in [6.07, 6.45) is 4.99. The van der Waals surface area contributed by atoms with E-state index in [0.717, 1.165) is 56.0 Å². The molecular weight excluding hydrogens is 340 g/mol. The summed E-state index contributed by atoms with van der Waals surface area (Å²) in [5.41, 5.74) is 1.88. The minimum absolute atomic E-state index is 0. The van der Waals surface area contributed by atoms with Crippen LogP contribution in [0.4, 0.5) is 5.69 Å². The Hall–Kier alpha value is -1.30. The molecule has 2 aliphatic rings. The van der Waals surface area contributed by atoms with Gasteiger partial charge in [-0.25, -0.2) is 0 Å². The van der Waals surface area contributed by atoms with Crippen molar-refractivity contribution in [1.82, 2.24) is 5.32 Å². The minimum Gasteiger partial charge on any atom is -0.489 e. The van der Waals surface area contributed by atoms with Gasteiger partial charge in [0.05, 0.1) is 11.8 Å². The van der Waals surface area contributed by atoms with Gasteiger partial charge in [0.15, 0.2) is 0 Å². The first-order valence-electron chi connectivity index (χ1n) is 9.06. The molecule has 0 aliphatic carbocycles. The van der Waals surface area contributed by atoms with Crippen molar-refractivity contribution in [2.24, 2.45) is 5.92 Å². The highest BCUT2D eigenvalue weighted by Gasteiger charge is 2.18. The average Bonchev–Trinajstić information content (AvgIpc) is 3.26. The molecule has 5 nitrogen and oxygen atoms in total. The zero-order chi connectivity index (χ0) is 16.8. The van der Waals surface area contributed by atoms with Gasteiger partial charge in [0.25, 0.3) is 0 Å². The van der Waals surface area contributed by atoms with E-state index in [0.29, 0.717) is 18.9 Å². The van der Waals surface area contributed by atoms with Crippen molar-refractivity contribution in [2.45, 2.75) is 45.1 Å². The molecule has 2 unspecified atom stereocenters. The molecule has 0 bridgehead atoms. The second-order valence-electron chi connectivity index (χ2n) is 6.89. The summed E-state index contributed by atoms with van der Waals surface area (Å²) in [5.74, 6) is 1.43. The molecule has 2 aliphatic heterocycles. The van der Waals surface area contributed by atoms with E-state index in [9.17, 15) is 4.79 Å². The Morgan fingerprint density at radius 2 is 2.28 bits per heavy atom. The number of hydrogen-bond acceptors (Lipinski definition) is 4. The average molecular weight is 369 g/mol. The molecule has 6 heteroatoms. The maximum absolute atomic E-state index is 12.3.